The molecule has 31 heavy (non-hydrogen) atoms. The molecule has 2 nitrogen and oxygen atoms in total. The van der Waals surface area contributed by atoms with Crippen molar-refractivity contribution in [2.24, 2.45) is 0 Å². The second-order valence-corrected chi connectivity index (χ2v) is 8.22. The molecule has 1 aliphatic heterocycles. The van der Waals surface area contributed by atoms with E-state index < -0.39 is 0 Å². The number of hydrogen-bond donors (Lipinski definition) is 0. The molecule has 1 unspecified atom stereocenters. The molecular weight excluding hydrogens is 402 g/mol. The zero-order valence-electron chi connectivity index (χ0n) is 18.9. The Morgan fingerprint density at radius 3 is 2.39 bits per heavy atom. The summed E-state index contributed by atoms with van der Waals surface area (Å²) >= 11 is 6.05. The predicted molar refractivity (Wildman–Crippen MR) is 134 cm³/mol. The normalized spacial score (nSPS) is 15.5. The van der Waals surface area contributed by atoms with Gasteiger partial charge in [-0.25, -0.2) is 0 Å². The molecule has 2 aromatic rings. The van der Waals surface area contributed by atoms with Crippen LogP contribution in [0.15, 0.2) is 67.1 Å². The number of allylic oxidation sites excluding steroid dienone is 1. The maximum atomic E-state index is 6.05. The van der Waals surface area contributed by atoms with Crippen molar-refractivity contribution in [3.63, 3.8) is 0 Å². The quantitative estimate of drug-likeness (QED) is 0.319. The van der Waals surface area contributed by atoms with Gasteiger partial charge < -0.3 is 9.64 Å². The number of aryl methyl sites for hydroxylation is 2. The summed E-state index contributed by atoms with van der Waals surface area (Å²) in [7, 11) is 1.72. The molecule has 0 bridgehead atoms. The summed E-state index contributed by atoms with van der Waals surface area (Å²) in [4.78, 5) is 2.41. The smallest absolute Gasteiger partial charge is 0.111 e. The lowest BCUT2D eigenvalue weighted by Crippen LogP contribution is -2.40. The van der Waals surface area contributed by atoms with Gasteiger partial charge in [-0.15, -0.1) is 12.8 Å². The van der Waals surface area contributed by atoms with Crippen LogP contribution in [-0.2, 0) is 17.6 Å². The van der Waals surface area contributed by atoms with Crippen LogP contribution in [0, 0.1) is 12.8 Å². The maximum Gasteiger partial charge on any atom is 0.111 e. The molecule has 0 spiro atoms. The molecule has 2 aromatic carbocycles. The Morgan fingerprint density at radius 1 is 1.06 bits per heavy atom. The lowest BCUT2D eigenvalue weighted by atomic mass is 9.94. The Kier molecular flexibility index (Phi) is 9.76. The van der Waals surface area contributed by atoms with E-state index >= 15 is 0 Å². The SMILES string of the molecule is C#C.C=C(OC)C1CCCCN1C(=C)CCc1cc(-c2ccc(Cl)cc2)ccc1CC. The van der Waals surface area contributed by atoms with E-state index in [1.807, 2.05) is 12.1 Å². The van der Waals surface area contributed by atoms with Crippen molar-refractivity contribution in [3.05, 3.63) is 83.2 Å². The van der Waals surface area contributed by atoms with Gasteiger partial charge in [0, 0.05) is 17.3 Å². The highest BCUT2D eigenvalue weighted by Gasteiger charge is 2.26. The molecule has 0 aliphatic carbocycles. The number of halogens is 1. The molecule has 1 heterocycles. The number of hydrogen-bond acceptors (Lipinski definition) is 2. The average molecular weight is 436 g/mol. The maximum absolute atomic E-state index is 6.05. The van der Waals surface area contributed by atoms with E-state index in [0.717, 1.165) is 43.0 Å². The fourth-order valence-corrected chi connectivity index (χ4v) is 4.35. The Hall–Kier alpha value is -2.63. The first-order chi connectivity index (χ1) is 15.0. The van der Waals surface area contributed by atoms with Crippen molar-refractivity contribution < 1.29 is 4.74 Å². The van der Waals surface area contributed by atoms with E-state index in [1.165, 1.54) is 40.8 Å². The summed E-state index contributed by atoms with van der Waals surface area (Å²) in [5.74, 6) is 0.852. The summed E-state index contributed by atoms with van der Waals surface area (Å²) in [6, 6.07) is 15.1. The van der Waals surface area contributed by atoms with Crippen LogP contribution in [0.3, 0.4) is 0 Å². The monoisotopic (exact) mass is 435 g/mol. The summed E-state index contributed by atoms with van der Waals surface area (Å²) in [6.07, 6.45) is 14.5. The first-order valence-electron chi connectivity index (χ1n) is 10.9. The van der Waals surface area contributed by atoms with E-state index in [-0.39, 0.29) is 6.04 Å². The zero-order chi connectivity index (χ0) is 22.8. The third-order valence-corrected chi connectivity index (χ3v) is 6.24. The fourth-order valence-electron chi connectivity index (χ4n) is 4.23. The van der Waals surface area contributed by atoms with Crippen LogP contribution in [0.1, 0.15) is 43.7 Å². The highest BCUT2D eigenvalue weighted by atomic mass is 35.5. The molecule has 1 aliphatic rings. The average Bonchev–Trinajstić information content (AvgIpc) is 2.83. The van der Waals surface area contributed by atoms with Crippen LogP contribution in [0.4, 0.5) is 0 Å². The fraction of sp³-hybridized carbons (Fsp3) is 0.357. The largest absolute Gasteiger partial charge is 0.500 e. The van der Waals surface area contributed by atoms with Crippen LogP contribution in [-0.4, -0.2) is 24.6 Å². The van der Waals surface area contributed by atoms with Gasteiger partial charge in [0.15, 0.2) is 0 Å². The molecule has 0 amide bonds. The molecule has 0 aromatic heterocycles. The summed E-state index contributed by atoms with van der Waals surface area (Å²) < 4.78 is 5.46. The van der Waals surface area contributed by atoms with E-state index in [2.05, 4.69) is 68.2 Å². The number of piperidine rings is 1. The first kappa shape index (κ1) is 24.6. The first-order valence-corrected chi connectivity index (χ1v) is 11.3. The number of likely N-dealkylation sites (tertiary alicyclic amines) is 1. The van der Waals surface area contributed by atoms with Crippen molar-refractivity contribution in [2.75, 3.05) is 13.7 Å². The van der Waals surface area contributed by atoms with Crippen LogP contribution in [0.2, 0.25) is 5.02 Å². The van der Waals surface area contributed by atoms with Gasteiger partial charge >= 0.3 is 0 Å². The molecular formula is C28H34ClNO. The minimum atomic E-state index is 0.257. The molecule has 3 heteroatoms. The highest BCUT2D eigenvalue weighted by molar-refractivity contribution is 6.30. The standard InChI is InChI=1S/C26H32ClNO.C2H2/c1-5-21-11-12-24(22-13-15-25(27)16-14-22)18-23(21)10-9-19(2)28-17-7-6-8-26(28)20(3)29-4;1-2/h11-16,18,26H,2-3,5-10,17H2,1,4H3;1-2H. The van der Waals surface area contributed by atoms with Gasteiger partial charge in [0.1, 0.15) is 5.76 Å². The Morgan fingerprint density at radius 2 is 1.74 bits per heavy atom. The minimum absolute atomic E-state index is 0.257. The van der Waals surface area contributed by atoms with Crippen molar-refractivity contribution in [3.8, 4) is 24.0 Å². The summed E-state index contributed by atoms with van der Waals surface area (Å²) in [5.41, 5.74) is 6.44. The number of nitrogens with zero attached hydrogens (tertiary/aromatic N) is 1. The minimum Gasteiger partial charge on any atom is -0.500 e. The van der Waals surface area contributed by atoms with Crippen molar-refractivity contribution in [1.29, 1.82) is 0 Å². The van der Waals surface area contributed by atoms with Gasteiger partial charge in [0.25, 0.3) is 0 Å². The van der Waals surface area contributed by atoms with Gasteiger partial charge in [0.2, 0.25) is 0 Å². The number of terminal acetylenes is 1. The summed E-state index contributed by atoms with van der Waals surface area (Å²) in [5, 5.41) is 0.768. The second kappa shape index (κ2) is 12.3. The lowest BCUT2D eigenvalue weighted by molar-refractivity contribution is 0.145. The van der Waals surface area contributed by atoms with E-state index in [0.29, 0.717) is 0 Å². The highest BCUT2D eigenvalue weighted by Crippen LogP contribution is 2.29. The number of ether oxygens (including phenoxy) is 1. The third kappa shape index (κ3) is 6.42. The van der Waals surface area contributed by atoms with Crippen molar-refractivity contribution in [1.82, 2.24) is 4.90 Å². The van der Waals surface area contributed by atoms with Crippen LogP contribution >= 0.6 is 11.6 Å². The second-order valence-electron chi connectivity index (χ2n) is 7.79. The van der Waals surface area contributed by atoms with Gasteiger partial charge in [-0.05, 0) is 72.9 Å². The molecule has 1 atom stereocenters. The van der Waals surface area contributed by atoms with Crippen LogP contribution in [0.5, 0.6) is 0 Å². The van der Waals surface area contributed by atoms with E-state index in [9.17, 15) is 0 Å². The molecule has 0 radical (unpaired) electrons. The molecule has 0 N–H and O–H groups in total. The molecule has 0 saturated carbocycles. The van der Waals surface area contributed by atoms with Gasteiger partial charge in [-0.3, -0.25) is 0 Å². The van der Waals surface area contributed by atoms with E-state index in [1.54, 1.807) is 7.11 Å². The van der Waals surface area contributed by atoms with Crippen molar-refractivity contribution >= 4 is 11.6 Å². The molecule has 1 fully saturated rings. The van der Waals surface area contributed by atoms with Gasteiger partial charge in [0.05, 0.1) is 13.2 Å². The Labute approximate surface area is 193 Å². The topological polar surface area (TPSA) is 12.5 Å². The van der Waals surface area contributed by atoms with Crippen LogP contribution in [0.25, 0.3) is 11.1 Å². The number of benzene rings is 2. The van der Waals surface area contributed by atoms with Gasteiger partial charge in [-0.2, -0.15) is 0 Å². The third-order valence-electron chi connectivity index (χ3n) is 5.99. The molecule has 3 rings (SSSR count). The zero-order valence-corrected chi connectivity index (χ0v) is 19.6. The number of methoxy groups -OCH3 is 1. The Balaban J connectivity index is 0.00000166. The summed E-state index contributed by atoms with van der Waals surface area (Å²) in [6.45, 7) is 11.8. The van der Waals surface area contributed by atoms with Gasteiger partial charge in [-0.1, -0.05) is 62.0 Å². The lowest BCUT2D eigenvalue weighted by Gasteiger charge is -2.39. The number of rotatable bonds is 8. The predicted octanol–water partition coefficient (Wildman–Crippen LogP) is 7.28. The van der Waals surface area contributed by atoms with Crippen molar-refractivity contribution in [2.45, 2.75) is 51.5 Å². The van der Waals surface area contributed by atoms with Crippen LogP contribution < -0.4 is 0 Å². The van der Waals surface area contributed by atoms with E-state index in [4.69, 9.17) is 16.3 Å². The molecule has 1 saturated heterocycles. The molecule has 164 valence electrons. The Bertz CT molecular complexity index is 897.